The maximum atomic E-state index is 13.3. The van der Waals surface area contributed by atoms with Crippen LogP contribution in [0, 0.1) is 0 Å². The quantitative estimate of drug-likeness (QED) is 0.0204. The van der Waals surface area contributed by atoms with E-state index in [0.717, 1.165) is 116 Å². The van der Waals surface area contributed by atoms with Crippen molar-refractivity contribution in [2.24, 2.45) is 0 Å². The molecule has 2 heterocycles. The van der Waals surface area contributed by atoms with Gasteiger partial charge in [0.05, 0.1) is 32.0 Å². The van der Waals surface area contributed by atoms with E-state index in [1.54, 1.807) is 6.08 Å². The lowest BCUT2D eigenvalue weighted by Crippen LogP contribution is -2.65. The third kappa shape index (κ3) is 35.9. The summed E-state index contributed by atoms with van der Waals surface area (Å²) < 4.78 is 22.7. The van der Waals surface area contributed by atoms with Gasteiger partial charge in [0.15, 0.2) is 12.6 Å². The first-order chi connectivity index (χ1) is 40.1. The van der Waals surface area contributed by atoms with Gasteiger partial charge in [0.2, 0.25) is 5.91 Å². The molecule has 2 aliphatic rings. The number of ether oxygens (including phenoxy) is 4. The van der Waals surface area contributed by atoms with Crippen LogP contribution in [0.4, 0.5) is 0 Å². The SMILES string of the molecule is CC/C=C\C/C=C\C/C=C\C/C=C\C/C=C\C/C=C\C/C=C\C/C=C\C/C=C\CCCCCCCC(=O)NC(COC1OC(CO)C(OC2OC(CO)C(O)C(O)C2O)C(O)C1O)C(O)/C=C/CC/C=C/CC/C=C/CCCCCCC. The van der Waals surface area contributed by atoms with Crippen LogP contribution in [0.5, 0.6) is 0 Å². The van der Waals surface area contributed by atoms with Gasteiger partial charge in [-0.3, -0.25) is 4.79 Å². The van der Waals surface area contributed by atoms with E-state index in [1.165, 1.54) is 32.1 Å². The molecule has 2 fully saturated rings. The third-order valence-corrected chi connectivity index (χ3v) is 14.0. The first-order valence-corrected chi connectivity index (χ1v) is 31.1. The lowest BCUT2D eigenvalue weighted by molar-refractivity contribution is -0.359. The van der Waals surface area contributed by atoms with Crippen molar-refractivity contribution in [3.63, 3.8) is 0 Å². The highest BCUT2D eigenvalue weighted by atomic mass is 16.7. The van der Waals surface area contributed by atoms with Crippen LogP contribution in [0.2, 0.25) is 0 Å². The number of carbonyl (C=O) groups excluding carboxylic acids is 1. The van der Waals surface area contributed by atoms with Crippen molar-refractivity contribution >= 4 is 5.91 Å². The topological polar surface area (TPSA) is 228 Å². The highest BCUT2D eigenvalue weighted by Crippen LogP contribution is 2.30. The predicted octanol–water partition coefficient (Wildman–Crippen LogP) is 11.3. The van der Waals surface area contributed by atoms with Crippen molar-refractivity contribution in [1.29, 1.82) is 0 Å². The summed E-state index contributed by atoms with van der Waals surface area (Å²) >= 11 is 0. The van der Waals surface area contributed by atoms with Crippen LogP contribution in [0.15, 0.2) is 146 Å². The fourth-order valence-corrected chi connectivity index (χ4v) is 9.02. The summed E-state index contributed by atoms with van der Waals surface area (Å²) in [7, 11) is 0. The molecule has 82 heavy (non-hydrogen) atoms. The zero-order valence-corrected chi connectivity index (χ0v) is 49.9. The Bertz CT molecular complexity index is 1930. The average molecular weight is 1150 g/mol. The highest BCUT2D eigenvalue weighted by molar-refractivity contribution is 5.76. The molecule has 0 bridgehead atoms. The Morgan fingerprint density at radius 1 is 0.451 bits per heavy atom. The van der Waals surface area contributed by atoms with Crippen molar-refractivity contribution in [3.05, 3.63) is 146 Å². The minimum Gasteiger partial charge on any atom is -0.394 e. The van der Waals surface area contributed by atoms with Crippen LogP contribution in [-0.2, 0) is 23.7 Å². The van der Waals surface area contributed by atoms with Gasteiger partial charge in [-0.1, -0.05) is 205 Å². The Morgan fingerprint density at radius 2 is 0.854 bits per heavy atom. The van der Waals surface area contributed by atoms with Gasteiger partial charge in [-0.2, -0.15) is 0 Å². The summed E-state index contributed by atoms with van der Waals surface area (Å²) in [5, 5.41) is 87.0. The van der Waals surface area contributed by atoms with Crippen LogP contribution in [0.1, 0.15) is 181 Å². The molecule has 0 aromatic rings. The molecule has 2 aliphatic heterocycles. The second kappa shape index (κ2) is 51.3. The first kappa shape index (κ1) is 74.0. The zero-order valence-electron chi connectivity index (χ0n) is 49.9. The number of amides is 1. The minimum atomic E-state index is -1.80. The molecule has 12 atom stereocenters. The highest BCUT2D eigenvalue weighted by Gasteiger charge is 2.51. The van der Waals surface area contributed by atoms with E-state index in [1.807, 2.05) is 6.08 Å². The fraction of sp³-hybridized carbons (Fsp3) is 0.632. The van der Waals surface area contributed by atoms with Crippen LogP contribution in [-0.4, -0.2) is 140 Å². The molecule has 12 unspecified atom stereocenters. The molecule has 464 valence electrons. The Kier molecular flexibility index (Phi) is 46.3. The summed E-state index contributed by atoms with van der Waals surface area (Å²) in [5.41, 5.74) is 0. The van der Waals surface area contributed by atoms with Crippen molar-refractivity contribution in [2.45, 2.75) is 254 Å². The molecule has 0 aliphatic carbocycles. The number of hydrogen-bond donors (Lipinski definition) is 9. The lowest BCUT2D eigenvalue weighted by Gasteiger charge is -2.46. The van der Waals surface area contributed by atoms with Crippen LogP contribution in [0.25, 0.3) is 0 Å². The van der Waals surface area contributed by atoms with Gasteiger partial charge < -0.3 is 65.1 Å². The van der Waals surface area contributed by atoms with Crippen LogP contribution in [0.3, 0.4) is 0 Å². The molecule has 9 N–H and O–H groups in total. The molecule has 0 spiro atoms. The van der Waals surface area contributed by atoms with Gasteiger partial charge in [-0.25, -0.2) is 0 Å². The molecule has 0 radical (unpaired) electrons. The second-order valence-corrected chi connectivity index (χ2v) is 21.1. The smallest absolute Gasteiger partial charge is 0.220 e. The second-order valence-electron chi connectivity index (χ2n) is 21.1. The van der Waals surface area contributed by atoms with Gasteiger partial charge in [0.25, 0.3) is 0 Å². The zero-order chi connectivity index (χ0) is 59.5. The van der Waals surface area contributed by atoms with E-state index >= 15 is 0 Å². The first-order valence-electron chi connectivity index (χ1n) is 31.1. The normalized spacial score (nSPS) is 25.0. The Hall–Kier alpha value is -4.13. The van der Waals surface area contributed by atoms with Crippen molar-refractivity contribution in [3.8, 4) is 0 Å². The maximum Gasteiger partial charge on any atom is 0.220 e. The van der Waals surface area contributed by atoms with E-state index in [0.29, 0.717) is 12.8 Å². The third-order valence-electron chi connectivity index (χ3n) is 14.0. The van der Waals surface area contributed by atoms with Gasteiger partial charge in [0.1, 0.15) is 48.8 Å². The average Bonchev–Trinajstić information content (AvgIpc) is 3.60. The monoisotopic (exact) mass is 1150 g/mol. The van der Waals surface area contributed by atoms with Crippen LogP contribution >= 0.6 is 0 Å². The van der Waals surface area contributed by atoms with Gasteiger partial charge in [-0.05, 0) is 116 Å². The summed E-state index contributed by atoms with van der Waals surface area (Å²) in [4.78, 5) is 13.3. The van der Waals surface area contributed by atoms with Crippen molar-refractivity contribution in [1.82, 2.24) is 5.32 Å². The molecular weight excluding hydrogens is 1040 g/mol. The summed E-state index contributed by atoms with van der Waals surface area (Å²) in [6.07, 6.45) is 60.3. The largest absolute Gasteiger partial charge is 0.394 e. The Balaban J connectivity index is 1.73. The minimum absolute atomic E-state index is 0.237. The number of allylic oxidation sites excluding steroid dienone is 23. The Labute approximate surface area is 493 Å². The van der Waals surface area contributed by atoms with E-state index < -0.39 is 86.8 Å². The molecule has 14 heteroatoms. The lowest BCUT2D eigenvalue weighted by atomic mass is 9.97. The molecule has 2 saturated heterocycles. The Morgan fingerprint density at radius 3 is 1.34 bits per heavy atom. The summed E-state index contributed by atoms with van der Waals surface area (Å²) in [6, 6.07) is -0.960. The molecule has 0 aromatic heterocycles. The molecule has 14 nitrogen and oxygen atoms in total. The number of unbranched alkanes of at least 4 members (excludes halogenated alkanes) is 12. The molecule has 2 rings (SSSR count). The standard InChI is InChI=1S/C68H109NO13/c1-3-5-7-9-11-13-15-17-19-20-21-22-23-24-25-26-27-28-29-30-31-32-33-34-35-36-38-40-42-44-46-48-50-52-60(73)69-56(57(72)51-49-47-45-43-41-39-37-18-16-14-12-10-8-6-4-2)55-79-67-65(78)63(76)66(59(54-71)81-67)82-68-64(77)62(75)61(74)58(53-70)80-68/h5,7,11,13,16-19,21-22,24-25,27-28,30-31,33-34,36,38,41,43,49,51,56-59,61-68,70-72,74-78H,3-4,6,8-10,12,14-15,20,23,26,29,32,35,37,39-40,42,44-48,50,52-55H2,1-2H3,(H,69,73)/b7-5-,13-11-,18-16+,19-17-,22-21-,25-24-,28-27-,31-30-,34-33-,38-36-,43-41+,51-49+. The number of rotatable bonds is 47. The van der Waals surface area contributed by atoms with Gasteiger partial charge in [-0.15, -0.1) is 0 Å². The molecule has 1 amide bonds. The number of aliphatic hydroxyl groups excluding tert-OH is 8. The fourth-order valence-electron chi connectivity index (χ4n) is 9.02. The molecule has 0 aromatic carbocycles. The van der Waals surface area contributed by atoms with Gasteiger partial charge in [0, 0.05) is 6.42 Å². The number of aliphatic hydroxyl groups is 8. The molecular formula is C68H109NO13. The van der Waals surface area contributed by atoms with E-state index in [2.05, 4.69) is 153 Å². The van der Waals surface area contributed by atoms with Gasteiger partial charge >= 0.3 is 0 Å². The number of carbonyl (C=O) groups is 1. The maximum absolute atomic E-state index is 13.3. The molecule has 0 saturated carbocycles. The van der Waals surface area contributed by atoms with Crippen molar-refractivity contribution in [2.75, 3.05) is 19.8 Å². The van der Waals surface area contributed by atoms with Crippen LogP contribution < -0.4 is 5.32 Å². The van der Waals surface area contributed by atoms with Crippen molar-refractivity contribution < 1.29 is 64.6 Å². The van der Waals surface area contributed by atoms with E-state index in [9.17, 15) is 45.6 Å². The number of nitrogens with one attached hydrogen (secondary N) is 1. The predicted molar refractivity (Wildman–Crippen MR) is 331 cm³/mol. The number of hydrogen-bond acceptors (Lipinski definition) is 13. The van der Waals surface area contributed by atoms with E-state index in [-0.39, 0.29) is 18.9 Å². The summed E-state index contributed by atoms with van der Waals surface area (Å²) in [5.74, 6) is -0.280. The summed E-state index contributed by atoms with van der Waals surface area (Å²) in [6.45, 7) is 2.60. The van der Waals surface area contributed by atoms with E-state index in [4.69, 9.17) is 18.9 Å².